The van der Waals surface area contributed by atoms with Gasteiger partial charge in [0.05, 0.1) is 11.4 Å². The number of hydrogen-bond donors (Lipinski definition) is 0. The number of hydrogen-bond acceptors (Lipinski definition) is 3. The highest BCUT2D eigenvalue weighted by Gasteiger charge is 2.41. The van der Waals surface area contributed by atoms with Gasteiger partial charge >= 0.3 is 0 Å². The Morgan fingerprint density at radius 2 is 0.922 bits per heavy atom. The van der Waals surface area contributed by atoms with Crippen molar-refractivity contribution in [3.63, 3.8) is 0 Å². The number of thiophene rings is 1. The van der Waals surface area contributed by atoms with E-state index in [0.717, 1.165) is 0 Å². The number of fused-ring (bicyclic) bond motifs is 9. The Kier molecular flexibility index (Phi) is 9.18. The Labute approximate surface area is 383 Å². The number of benzene rings is 7. The van der Waals surface area contributed by atoms with E-state index in [1.54, 1.807) is 0 Å². The lowest BCUT2D eigenvalue weighted by atomic mass is 9.71. The lowest BCUT2D eigenvalue weighted by Crippen LogP contribution is -2.35. The molecule has 0 unspecified atom stereocenters. The highest BCUT2D eigenvalue weighted by atomic mass is 32.1. The average Bonchev–Trinajstić information content (AvgIpc) is 3.76. The minimum Gasteiger partial charge on any atom is -0.313 e. The predicted octanol–water partition coefficient (Wildman–Crippen LogP) is 17.6. The Hall–Kier alpha value is -6.42. The maximum absolute atomic E-state index is 2.54. The summed E-state index contributed by atoms with van der Waals surface area (Å²) in [5.41, 5.74) is 20.5. The van der Waals surface area contributed by atoms with Gasteiger partial charge in [-0.1, -0.05) is 165 Å². The van der Waals surface area contributed by atoms with Crippen LogP contribution in [0.1, 0.15) is 101 Å². The first-order chi connectivity index (χ1) is 30.8. The van der Waals surface area contributed by atoms with Gasteiger partial charge in [0.25, 0.3) is 0 Å². The summed E-state index contributed by atoms with van der Waals surface area (Å²) in [6.07, 6.45) is 9.12. The third kappa shape index (κ3) is 5.97. The van der Waals surface area contributed by atoms with Gasteiger partial charge in [0.1, 0.15) is 0 Å². The van der Waals surface area contributed by atoms with Crippen LogP contribution in [0.2, 0.25) is 0 Å². The molecule has 1 aliphatic carbocycles. The van der Waals surface area contributed by atoms with Crippen molar-refractivity contribution < 1.29 is 0 Å². The van der Waals surface area contributed by atoms with Crippen molar-refractivity contribution in [3.05, 3.63) is 208 Å². The SMILES string of the molecule is CC=CC1=C(C(C)C)N(c2ccc3sc4ccc(C=Cc5ccc6c(c5)C(C)(C)c5cc(N7c8ccccc8C(C)(C)c8ccccc87)ccc5-6)cc4c3c2)c2ccccc2C1(C)C. The molecule has 2 aliphatic heterocycles. The first kappa shape index (κ1) is 40.4. The third-order valence-corrected chi connectivity index (χ3v) is 15.8. The first-order valence-corrected chi connectivity index (χ1v) is 23.8. The number of allylic oxidation sites excluding steroid dienone is 4. The average molecular weight is 849 g/mol. The molecule has 0 fully saturated rings. The van der Waals surface area contributed by atoms with Gasteiger partial charge in [0.2, 0.25) is 0 Å². The molecule has 0 saturated heterocycles. The van der Waals surface area contributed by atoms with Crippen molar-refractivity contribution in [2.45, 2.75) is 78.6 Å². The lowest BCUT2D eigenvalue weighted by Gasteiger charge is -2.44. The molecular formula is C61H56N2S. The zero-order valence-electron chi connectivity index (χ0n) is 38.5. The van der Waals surface area contributed by atoms with E-state index in [2.05, 4.69) is 242 Å². The van der Waals surface area contributed by atoms with Crippen LogP contribution < -0.4 is 9.80 Å². The largest absolute Gasteiger partial charge is 0.313 e. The highest BCUT2D eigenvalue weighted by Crippen LogP contribution is 2.55. The summed E-state index contributed by atoms with van der Waals surface area (Å²) in [5.74, 6) is 0.339. The van der Waals surface area contributed by atoms with Gasteiger partial charge in [-0.3, -0.25) is 0 Å². The monoisotopic (exact) mass is 848 g/mol. The predicted molar refractivity (Wildman–Crippen MR) is 277 cm³/mol. The summed E-state index contributed by atoms with van der Waals surface area (Å²) in [7, 11) is 0. The van der Waals surface area contributed by atoms with E-state index in [1.807, 2.05) is 11.3 Å². The number of para-hydroxylation sites is 3. The van der Waals surface area contributed by atoms with E-state index in [1.165, 1.54) is 110 Å². The highest BCUT2D eigenvalue weighted by molar-refractivity contribution is 7.25. The molecule has 0 N–H and O–H groups in total. The zero-order valence-corrected chi connectivity index (χ0v) is 39.4. The molecule has 0 saturated carbocycles. The number of nitrogens with zero attached hydrogens (tertiary/aromatic N) is 2. The van der Waals surface area contributed by atoms with Gasteiger partial charge in [0.15, 0.2) is 0 Å². The smallest absolute Gasteiger partial charge is 0.0502 e. The van der Waals surface area contributed by atoms with E-state index < -0.39 is 0 Å². The zero-order chi connectivity index (χ0) is 44.3. The van der Waals surface area contributed by atoms with Crippen LogP contribution in [-0.4, -0.2) is 0 Å². The molecule has 0 atom stereocenters. The molecule has 64 heavy (non-hydrogen) atoms. The Morgan fingerprint density at radius 1 is 0.453 bits per heavy atom. The normalized spacial score (nSPS) is 16.8. The van der Waals surface area contributed by atoms with Crippen molar-refractivity contribution in [1.82, 2.24) is 0 Å². The summed E-state index contributed by atoms with van der Waals surface area (Å²) < 4.78 is 2.63. The van der Waals surface area contributed by atoms with E-state index in [4.69, 9.17) is 0 Å². The molecule has 0 amide bonds. The van der Waals surface area contributed by atoms with E-state index in [9.17, 15) is 0 Å². The molecule has 1 aromatic heterocycles. The minimum atomic E-state index is -0.159. The van der Waals surface area contributed by atoms with Crippen molar-refractivity contribution in [1.29, 1.82) is 0 Å². The Morgan fingerprint density at radius 3 is 1.55 bits per heavy atom. The van der Waals surface area contributed by atoms with Crippen LogP contribution in [-0.2, 0) is 16.2 Å². The first-order valence-electron chi connectivity index (χ1n) is 23.0. The number of rotatable bonds is 6. The fraction of sp³-hybridized carbons (Fsp3) is 0.213. The van der Waals surface area contributed by atoms with Gasteiger partial charge in [-0.25, -0.2) is 0 Å². The van der Waals surface area contributed by atoms with Crippen molar-refractivity contribution in [3.8, 4) is 11.1 Å². The molecule has 2 nitrogen and oxygen atoms in total. The van der Waals surface area contributed by atoms with E-state index in [0.29, 0.717) is 5.92 Å². The van der Waals surface area contributed by atoms with Gasteiger partial charge in [-0.05, 0) is 129 Å². The lowest BCUT2D eigenvalue weighted by molar-refractivity contribution is 0.587. The maximum Gasteiger partial charge on any atom is 0.0502 e. The second-order valence-electron chi connectivity index (χ2n) is 20.0. The van der Waals surface area contributed by atoms with Gasteiger partial charge in [-0.2, -0.15) is 0 Å². The summed E-state index contributed by atoms with van der Waals surface area (Å²) in [6.45, 7) is 21.0. The second-order valence-corrected chi connectivity index (χ2v) is 21.0. The van der Waals surface area contributed by atoms with E-state index >= 15 is 0 Å². The summed E-state index contributed by atoms with van der Waals surface area (Å²) >= 11 is 1.88. The molecule has 3 aliphatic rings. The molecule has 8 aromatic rings. The van der Waals surface area contributed by atoms with Crippen molar-refractivity contribution >= 4 is 72.1 Å². The standard InChI is InChI=1S/C61H56N2S/c1-10-17-50-58(38(2)3)63(55-23-16-13-20-49(55)60(50,6)7)41-29-33-57-46(36-41)45-34-39(27-32-56(45)64-57)24-25-40-26-30-43-44-31-28-42(37-52(44)61(8,9)51(43)35-40)62-53-21-14-11-18-47(53)59(4,5)48-19-12-15-22-54(48)62/h10-38H,1-9H3. The minimum absolute atomic E-state index is 0.0862. The third-order valence-electron chi connectivity index (χ3n) is 14.7. The molecule has 0 bridgehead atoms. The topological polar surface area (TPSA) is 6.48 Å². The fourth-order valence-corrected chi connectivity index (χ4v) is 12.4. The van der Waals surface area contributed by atoms with Crippen LogP contribution in [0.25, 0.3) is 43.5 Å². The van der Waals surface area contributed by atoms with Gasteiger partial charge in [-0.15, -0.1) is 11.3 Å². The number of anilines is 5. The molecule has 7 aromatic carbocycles. The molecule has 3 heterocycles. The molecule has 3 heteroatoms. The van der Waals surface area contributed by atoms with Crippen LogP contribution in [0, 0.1) is 5.92 Å². The quantitative estimate of drug-likeness (QED) is 0.154. The molecular weight excluding hydrogens is 793 g/mol. The van der Waals surface area contributed by atoms with Crippen molar-refractivity contribution in [2.75, 3.05) is 9.80 Å². The maximum atomic E-state index is 2.54. The van der Waals surface area contributed by atoms with E-state index in [-0.39, 0.29) is 16.2 Å². The Balaban J connectivity index is 0.932. The second kappa shape index (κ2) is 14.6. The fourth-order valence-electron chi connectivity index (χ4n) is 11.4. The van der Waals surface area contributed by atoms with Crippen molar-refractivity contribution in [2.24, 2.45) is 5.92 Å². The summed E-state index contributed by atoms with van der Waals surface area (Å²) in [4.78, 5) is 5.01. The molecule has 316 valence electrons. The van der Waals surface area contributed by atoms with Gasteiger partial charge < -0.3 is 9.80 Å². The van der Waals surface area contributed by atoms with Crippen LogP contribution >= 0.6 is 11.3 Å². The Bertz CT molecular complexity index is 3260. The summed E-state index contributed by atoms with van der Waals surface area (Å²) in [6, 6.07) is 55.1. The van der Waals surface area contributed by atoms with Crippen LogP contribution in [0.3, 0.4) is 0 Å². The summed E-state index contributed by atoms with van der Waals surface area (Å²) in [5, 5.41) is 2.62. The molecule has 0 spiro atoms. The van der Waals surface area contributed by atoms with Crippen LogP contribution in [0.15, 0.2) is 169 Å². The van der Waals surface area contributed by atoms with Crippen LogP contribution in [0.5, 0.6) is 0 Å². The van der Waals surface area contributed by atoms with Crippen LogP contribution in [0.4, 0.5) is 28.4 Å². The van der Waals surface area contributed by atoms with Gasteiger partial charge in [0, 0.05) is 59.2 Å². The molecule has 11 rings (SSSR count). The molecule has 0 radical (unpaired) electrons.